The summed E-state index contributed by atoms with van der Waals surface area (Å²) in [6.07, 6.45) is 8.77. The number of nitrogens with zero attached hydrogens (tertiary/aromatic N) is 6. The number of hydrogen-bond acceptors (Lipinski definition) is 17. The molecular formula is C51H62ClN8O11-. The average Bonchev–Trinajstić information content (AvgIpc) is 3.62. The highest BCUT2D eigenvalue weighted by atomic mass is 35.5. The molecule has 1 atom stereocenters. The largest absolute Gasteiger partial charge is 0.758 e. The second kappa shape index (κ2) is 25.7. The zero-order valence-electron chi connectivity index (χ0n) is 40.3. The Morgan fingerprint density at radius 3 is 2.23 bits per heavy atom. The fourth-order valence-electron chi connectivity index (χ4n) is 9.01. The molecule has 3 aromatic carbocycles. The SMILES string of the molecule is COc1cc(Nc2c(C#N)cnc3cc(OCCCN4CCN(CCCCCOCCOCCCCCCN([O-])c5cccc6c5C(=O)N(C5CCC(=O)NC5=O)C6=O)CC4)c(OC)cc23)c(Cl)cc1O. The number of phenols is 1. The minimum atomic E-state index is -1.09. The Labute approximate surface area is 418 Å². The van der Waals surface area contributed by atoms with Crippen LogP contribution in [0.3, 0.4) is 0 Å². The van der Waals surface area contributed by atoms with E-state index < -0.39 is 29.7 Å². The molecule has 4 aromatic rings. The minimum absolute atomic E-state index is 0.00262. The van der Waals surface area contributed by atoms with Gasteiger partial charge in [-0.2, -0.15) is 5.26 Å². The molecule has 2 saturated heterocycles. The van der Waals surface area contributed by atoms with Crippen molar-refractivity contribution in [2.45, 2.75) is 70.3 Å². The molecule has 4 heterocycles. The summed E-state index contributed by atoms with van der Waals surface area (Å²) in [5.41, 5.74) is 2.04. The predicted octanol–water partition coefficient (Wildman–Crippen LogP) is 6.78. The van der Waals surface area contributed by atoms with E-state index in [4.69, 9.17) is 35.3 Å². The van der Waals surface area contributed by atoms with Gasteiger partial charge in [-0.25, -0.2) is 0 Å². The molecule has 2 fully saturated rings. The summed E-state index contributed by atoms with van der Waals surface area (Å²) in [7, 11) is 3.01. The van der Waals surface area contributed by atoms with Crippen molar-refractivity contribution < 1.29 is 48.0 Å². The highest BCUT2D eigenvalue weighted by molar-refractivity contribution is 6.33. The van der Waals surface area contributed by atoms with E-state index in [1.54, 1.807) is 25.3 Å². The zero-order valence-corrected chi connectivity index (χ0v) is 41.1. The van der Waals surface area contributed by atoms with Gasteiger partial charge in [-0.15, -0.1) is 0 Å². The molecule has 19 nitrogen and oxygen atoms in total. The molecule has 0 spiro atoms. The molecule has 3 aliphatic rings. The van der Waals surface area contributed by atoms with Gasteiger partial charge >= 0.3 is 0 Å². The van der Waals surface area contributed by atoms with E-state index >= 15 is 0 Å². The molecule has 71 heavy (non-hydrogen) atoms. The maximum absolute atomic E-state index is 13.3. The van der Waals surface area contributed by atoms with Crippen LogP contribution in [0.2, 0.25) is 5.02 Å². The van der Waals surface area contributed by atoms with Crippen LogP contribution in [-0.2, 0) is 19.1 Å². The van der Waals surface area contributed by atoms with Gasteiger partial charge in [0.1, 0.15) is 12.1 Å². The smallest absolute Gasteiger partial charge is 0.264 e. The first-order valence-electron chi connectivity index (χ1n) is 24.3. The fraction of sp³-hybridized carbons (Fsp3) is 0.490. The van der Waals surface area contributed by atoms with E-state index in [1.165, 1.54) is 31.5 Å². The maximum Gasteiger partial charge on any atom is 0.264 e. The Balaban J connectivity index is 0.693. The van der Waals surface area contributed by atoms with Crippen LogP contribution in [0, 0.1) is 16.5 Å². The Morgan fingerprint density at radius 1 is 0.845 bits per heavy atom. The predicted molar refractivity (Wildman–Crippen MR) is 267 cm³/mol. The van der Waals surface area contributed by atoms with E-state index in [0.717, 1.165) is 94.2 Å². The molecule has 4 amide bonds. The summed E-state index contributed by atoms with van der Waals surface area (Å²) in [5, 5.41) is 40.1. The number of piperazine rings is 1. The van der Waals surface area contributed by atoms with Gasteiger partial charge in [0.2, 0.25) is 11.8 Å². The molecular weight excluding hydrogens is 936 g/mol. The topological polar surface area (TPSA) is 231 Å². The minimum Gasteiger partial charge on any atom is -0.758 e. The first-order valence-corrected chi connectivity index (χ1v) is 24.7. The Kier molecular flexibility index (Phi) is 19.0. The molecule has 1 unspecified atom stereocenters. The van der Waals surface area contributed by atoms with E-state index in [9.17, 15) is 34.8 Å². The number of unbranched alkanes of at least 4 members (excludes halogenated alkanes) is 5. The van der Waals surface area contributed by atoms with Gasteiger partial charge in [0.15, 0.2) is 23.0 Å². The maximum atomic E-state index is 13.3. The number of carbonyl (C=O) groups excluding carboxylic acids is 4. The lowest BCUT2D eigenvalue weighted by molar-refractivity contribution is -0.136. The van der Waals surface area contributed by atoms with Gasteiger partial charge in [0.25, 0.3) is 11.8 Å². The number of imide groups is 2. The number of phenolic OH excluding ortho intramolecular Hbond substituents is 1. The third-order valence-electron chi connectivity index (χ3n) is 12.9. The van der Waals surface area contributed by atoms with Crippen LogP contribution in [0.25, 0.3) is 10.9 Å². The Bertz CT molecular complexity index is 2570. The lowest BCUT2D eigenvalue weighted by Crippen LogP contribution is -2.54. The number of nitriles is 1. The number of piperidine rings is 1. The van der Waals surface area contributed by atoms with Crippen LogP contribution in [-0.4, -0.2) is 148 Å². The number of hydrogen-bond donors (Lipinski definition) is 3. The van der Waals surface area contributed by atoms with Gasteiger partial charge in [-0.3, -0.25) is 34.4 Å². The number of fused-ring (bicyclic) bond motifs is 2. The summed E-state index contributed by atoms with van der Waals surface area (Å²) in [6, 6.07) is 12.2. The molecule has 0 bridgehead atoms. The standard InChI is InChI=1S/C51H62ClN8O11/c1-67-43-31-39(37(52)29-42(43)61)55-48-34(32-53)33-54-38-30-45(44(68-2)28-36(38)48)71-25-11-17-58-21-19-57(20-22-58)16-6-5-9-24-70-27-26-69-23-8-4-3-7-18-59(66)40-13-10-12-35-47(40)51(65)60(50(35)64)41-14-15-46(62)56-49(41)63/h10,12-13,28-31,33,41,61H,3-9,11,14-27H2,1-2H3,(H,54,55)(H,56,62,63)/q-1. The van der Waals surface area contributed by atoms with Crippen molar-refractivity contribution in [1.29, 1.82) is 5.26 Å². The Morgan fingerprint density at radius 2 is 1.54 bits per heavy atom. The number of carbonyl (C=O) groups is 4. The number of ether oxygens (including phenoxy) is 5. The van der Waals surface area contributed by atoms with Crippen molar-refractivity contribution >= 4 is 63.2 Å². The highest BCUT2D eigenvalue weighted by Gasteiger charge is 2.45. The molecule has 380 valence electrons. The second-order valence-electron chi connectivity index (χ2n) is 17.6. The van der Waals surface area contributed by atoms with Gasteiger partial charge in [0.05, 0.1) is 72.6 Å². The van der Waals surface area contributed by atoms with Crippen molar-refractivity contribution in [3.63, 3.8) is 0 Å². The number of hydroxylamine groups is 1. The highest BCUT2D eigenvalue weighted by Crippen LogP contribution is 2.41. The van der Waals surface area contributed by atoms with Crippen LogP contribution in [0.1, 0.15) is 90.5 Å². The molecule has 7 rings (SSSR count). The summed E-state index contributed by atoms with van der Waals surface area (Å²) < 4.78 is 28.7. The number of halogens is 1. The number of methoxy groups -OCH3 is 2. The van der Waals surface area contributed by atoms with Gasteiger partial charge in [0, 0.05) is 94.4 Å². The van der Waals surface area contributed by atoms with E-state index in [-0.39, 0.29) is 52.7 Å². The normalized spacial score (nSPS) is 16.3. The van der Waals surface area contributed by atoms with E-state index in [1.807, 2.05) is 6.07 Å². The van der Waals surface area contributed by atoms with Gasteiger partial charge in [-0.05, 0) is 69.7 Å². The number of amides is 4. The number of aromatic hydroxyl groups is 1. The number of nitrogens with one attached hydrogen (secondary N) is 2. The number of rotatable bonds is 27. The van der Waals surface area contributed by atoms with Crippen molar-refractivity contribution in [3.05, 3.63) is 75.6 Å². The molecule has 20 heteroatoms. The monoisotopic (exact) mass is 997 g/mol. The van der Waals surface area contributed by atoms with E-state index in [2.05, 4.69) is 31.5 Å². The second-order valence-corrected chi connectivity index (χ2v) is 18.0. The summed E-state index contributed by atoms with van der Waals surface area (Å²) in [6.45, 7) is 9.14. The molecule has 0 aliphatic carbocycles. The third kappa shape index (κ3) is 13.4. The number of benzene rings is 3. The van der Waals surface area contributed by atoms with Crippen LogP contribution < -0.4 is 29.9 Å². The molecule has 3 aliphatic heterocycles. The van der Waals surface area contributed by atoms with Crippen LogP contribution in [0.15, 0.2) is 48.7 Å². The molecule has 0 radical (unpaired) electrons. The molecule has 1 aromatic heterocycles. The first-order chi connectivity index (χ1) is 34.5. The quantitative estimate of drug-likeness (QED) is 0.0242. The third-order valence-corrected chi connectivity index (χ3v) is 13.2. The molecule has 0 saturated carbocycles. The van der Waals surface area contributed by atoms with Crippen molar-refractivity contribution in [1.82, 2.24) is 25.0 Å². The van der Waals surface area contributed by atoms with Gasteiger partial charge in [-0.1, -0.05) is 30.5 Å². The first kappa shape index (κ1) is 52.6. The summed E-state index contributed by atoms with van der Waals surface area (Å²) in [4.78, 5) is 60.7. The van der Waals surface area contributed by atoms with Crippen LogP contribution in [0.4, 0.5) is 17.1 Å². The van der Waals surface area contributed by atoms with E-state index in [0.29, 0.717) is 78.8 Å². The van der Waals surface area contributed by atoms with Crippen LogP contribution in [0.5, 0.6) is 23.0 Å². The molecule has 3 N–H and O–H groups in total. The lowest BCUT2D eigenvalue weighted by Gasteiger charge is -2.34. The summed E-state index contributed by atoms with van der Waals surface area (Å²) in [5.74, 6) is -1.26. The lowest BCUT2D eigenvalue weighted by atomic mass is 10.0. The number of pyridine rings is 1. The number of aromatic nitrogens is 1. The van der Waals surface area contributed by atoms with Crippen molar-refractivity contribution in [2.75, 3.05) is 103 Å². The fourth-order valence-corrected chi connectivity index (χ4v) is 9.22. The average molecular weight is 999 g/mol. The van der Waals surface area contributed by atoms with Crippen molar-refractivity contribution in [3.8, 4) is 29.1 Å². The Hall–Kier alpha value is -6.27. The summed E-state index contributed by atoms with van der Waals surface area (Å²) >= 11 is 6.42. The number of anilines is 3. The van der Waals surface area contributed by atoms with Crippen LogP contribution >= 0.6 is 11.6 Å². The van der Waals surface area contributed by atoms with Gasteiger partial charge < -0.3 is 54.2 Å². The van der Waals surface area contributed by atoms with Crippen molar-refractivity contribution in [2.24, 2.45) is 0 Å². The zero-order chi connectivity index (χ0) is 50.3.